The summed E-state index contributed by atoms with van der Waals surface area (Å²) >= 11 is 0. The Hall–Kier alpha value is -1.63. The number of hydrogen-bond acceptors (Lipinski definition) is 5. The van der Waals surface area contributed by atoms with E-state index in [0.29, 0.717) is 0 Å². The molecule has 6 nitrogen and oxygen atoms in total. The van der Waals surface area contributed by atoms with Crippen LogP contribution < -0.4 is 4.18 Å². The predicted molar refractivity (Wildman–Crippen MR) is 46.7 cm³/mol. The minimum atomic E-state index is -3.76. The molecule has 14 heavy (non-hydrogen) atoms. The maximum atomic E-state index is 10.7. The Balaban J connectivity index is 3.15. The van der Waals surface area contributed by atoms with E-state index in [1.807, 2.05) is 0 Å². The fourth-order valence-corrected chi connectivity index (χ4v) is 1.18. The molecule has 1 N–H and O–H groups in total. The molecule has 0 saturated heterocycles. The summed E-state index contributed by atoms with van der Waals surface area (Å²) in [4.78, 5) is 14.1. The average Bonchev–Trinajstić information content (AvgIpc) is 2.01. The first kappa shape index (κ1) is 10.5. The molecule has 0 spiro atoms. The minimum absolute atomic E-state index is 0.294. The van der Waals surface area contributed by atoms with Crippen molar-refractivity contribution < 1.29 is 22.5 Å². The first-order chi connectivity index (χ1) is 6.40. The summed E-state index contributed by atoms with van der Waals surface area (Å²) in [7, 11) is -3.76. The number of aromatic carboxylic acids is 1. The van der Waals surface area contributed by atoms with Crippen LogP contribution in [-0.2, 0) is 10.1 Å². The quantitative estimate of drug-likeness (QED) is 0.722. The third kappa shape index (κ3) is 2.70. The van der Waals surface area contributed by atoms with Gasteiger partial charge in [-0.3, -0.25) is 0 Å². The minimum Gasteiger partial charge on any atom is -0.477 e. The second-order valence-corrected chi connectivity index (χ2v) is 4.02. The highest BCUT2D eigenvalue weighted by atomic mass is 32.2. The number of aromatic nitrogens is 1. The standard InChI is InChI=1S/C7H7NO5S/c1-14(11,12)13-6-5(7(9)10)3-2-4-8-6/h2-4H,1H3,(H,9,10). The number of carboxylic acids is 1. The summed E-state index contributed by atoms with van der Waals surface area (Å²) in [5.41, 5.74) is -0.294. The Morgan fingerprint density at radius 3 is 2.71 bits per heavy atom. The van der Waals surface area contributed by atoms with E-state index in [1.54, 1.807) is 0 Å². The van der Waals surface area contributed by atoms with Crippen LogP contribution in [0.4, 0.5) is 0 Å². The second kappa shape index (κ2) is 3.62. The Kier molecular flexibility index (Phi) is 2.70. The Bertz CT molecular complexity index is 453. The SMILES string of the molecule is CS(=O)(=O)Oc1ncccc1C(=O)O. The van der Waals surface area contributed by atoms with E-state index in [1.165, 1.54) is 18.3 Å². The summed E-state index contributed by atoms with van der Waals surface area (Å²) in [6.07, 6.45) is 2.06. The molecule has 0 unspecified atom stereocenters. The van der Waals surface area contributed by atoms with Crippen molar-refractivity contribution in [2.24, 2.45) is 0 Å². The van der Waals surface area contributed by atoms with Gasteiger partial charge < -0.3 is 9.29 Å². The first-order valence-corrected chi connectivity index (χ1v) is 5.29. The van der Waals surface area contributed by atoms with Crippen molar-refractivity contribution >= 4 is 16.1 Å². The summed E-state index contributed by atoms with van der Waals surface area (Å²) in [6.45, 7) is 0. The average molecular weight is 217 g/mol. The summed E-state index contributed by atoms with van der Waals surface area (Å²) in [5.74, 6) is -1.72. The number of carboxylic acid groups (broad SMARTS) is 1. The molecule has 0 aliphatic rings. The fourth-order valence-electron chi connectivity index (χ4n) is 0.763. The van der Waals surface area contributed by atoms with Crippen LogP contribution in [0.25, 0.3) is 0 Å². The zero-order valence-corrected chi connectivity index (χ0v) is 7.98. The first-order valence-electron chi connectivity index (χ1n) is 3.48. The molecule has 0 atom stereocenters. The Labute approximate surface area is 80.3 Å². The van der Waals surface area contributed by atoms with Crippen molar-refractivity contribution in [1.82, 2.24) is 4.98 Å². The van der Waals surface area contributed by atoms with Gasteiger partial charge in [-0.25, -0.2) is 9.78 Å². The van der Waals surface area contributed by atoms with E-state index in [2.05, 4.69) is 9.17 Å². The van der Waals surface area contributed by atoms with E-state index in [0.717, 1.165) is 6.26 Å². The summed E-state index contributed by atoms with van der Waals surface area (Å²) in [6, 6.07) is 2.58. The smallest absolute Gasteiger partial charge is 0.341 e. The van der Waals surface area contributed by atoms with Crippen LogP contribution in [0.5, 0.6) is 5.88 Å². The normalized spacial score (nSPS) is 10.9. The summed E-state index contributed by atoms with van der Waals surface area (Å²) < 4.78 is 25.8. The van der Waals surface area contributed by atoms with Crippen LogP contribution in [0.15, 0.2) is 18.3 Å². The maximum Gasteiger partial charge on any atom is 0.341 e. The molecule has 0 aliphatic carbocycles. The van der Waals surface area contributed by atoms with Crippen LogP contribution in [-0.4, -0.2) is 30.7 Å². The predicted octanol–water partition coefficient (Wildman–Crippen LogP) is 0.118. The van der Waals surface area contributed by atoms with Gasteiger partial charge >= 0.3 is 16.1 Å². The van der Waals surface area contributed by atoms with Gasteiger partial charge in [0.1, 0.15) is 5.56 Å². The van der Waals surface area contributed by atoms with Crippen LogP contribution in [0.2, 0.25) is 0 Å². The van der Waals surface area contributed by atoms with Gasteiger partial charge in [0.15, 0.2) is 0 Å². The highest BCUT2D eigenvalue weighted by molar-refractivity contribution is 7.86. The van der Waals surface area contributed by atoms with Crippen molar-refractivity contribution in [3.8, 4) is 5.88 Å². The molecule has 0 aromatic carbocycles. The van der Waals surface area contributed by atoms with Crippen molar-refractivity contribution in [1.29, 1.82) is 0 Å². The molecule has 0 amide bonds. The Morgan fingerprint density at radius 2 is 2.21 bits per heavy atom. The van der Waals surface area contributed by atoms with Crippen LogP contribution in [0.3, 0.4) is 0 Å². The van der Waals surface area contributed by atoms with Crippen molar-refractivity contribution in [3.63, 3.8) is 0 Å². The molecule has 1 heterocycles. The molecule has 0 saturated carbocycles. The van der Waals surface area contributed by atoms with Crippen molar-refractivity contribution in [2.45, 2.75) is 0 Å². The molecule has 1 aromatic rings. The largest absolute Gasteiger partial charge is 0.477 e. The zero-order chi connectivity index (χ0) is 10.8. The molecule has 0 aliphatic heterocycles. The lowest BCUT2D eigenvalue weighted by molar-refractivity contribution is 0.0694. The van der Waals surface area contributed by atoms with Gasteiger partial charge in [0, 0.05) is 6.20 Å². The van der Waals surface area contributed by atoms with E-state index in [-0.39, 0.29) is 5.56 Å². The van der Waals surface area contributed by atoms with E-state index < -0.39 is 22.0 Å². The van der Waals surface area contributed by atoms with Crippen LogP contribution in [0.1, 0.15) is 10.4 Å². The van der Waals surface area contributed by atoms with Gasteiger partial charge in [0.25, 0.3) is 0 Å². The third-order valence-corrected chi connectivity index (χ3v) is 1.69. The monoisotopic (exact) mass is 217 g/mol. The highest BCUT2D eigenvalue weighted by Gasteiger charge is 2.15. The van der Waals surface area contributed by atoms with E-state index in [9.17, 15) is 13.2 Å². The number of pyridine rings is 1. The lowest BCUT2D eigenvalue weighted by Crippen LogP contribution is -2.10. The zero-order valence-electron chi connectivity index (χ0n) is 7.17. The van der Waals surface area contributed by atoms with Crippen LogP contribution in [0, 0.1) is 0 Å². The maximum absolute atomic E-state index is 10.7. The van der Waals surface area contributed by atoms with Gasteiger partial charge in [-0.1, -0.05) is 0 Å². The van der Waals surface area contributed by atoms with Gasteiger partial charge in [0.2, 0.25) is 5.88 Å². The fraction of sp³-hybridized carbons (Fsp3) is 0.143. The van der Waals surface area contributed by atoms with Crippen molar-refractivity contribution in [3.05, 3.63) is 23.9 Å². The van der Waals surface area contributed by atoms with Crippen LogP contribution >= 0.6 is 0 Å². The molecule has 1 aromatic heterocycles. The van der Waals surface area contributed by atoms with Gasteiger partial charge in [-0.2, -0.15) is 8.42 Å². The number of nitrogens with zero attached hydrogens (tertiary/aromatic N) is 1. The number of hydrogen-bond donors (Lipinski definition) is 1. The second-order valence-electron chi connectivity index (χ2n) is 2.45. The molecule has 1 rings (SSSR count). The number of carbonyl (C=O) groups is 1. The highest BCUT2D eigenvalue weighted by Crippen LogP contribution is 2.15. The molecule has 76 valence electrons. The van der Waals surface area contributed by atoms with E-state index >= 15 is 0 Å². The molecule has 0 fully saturated rings. The molecule has 0 bridgehead atoms. The van der Waals surface area contributed by atoms with Crippen molar-refractivity contribution in [2.75, 3.05) is 6.26 Å². The molecular weight excluding hydrogens is 210 g/mol. The Morgan fingerprint density at radius 1 is 1.57 bits per heavy atom. The lowest BCUT2D eigenvalue weighted by atomic mass is 10.3. The van der Waals surface area contributed by atoms with Gasteiger partial charge in [-0.15, -0.1) is 0 Å². The lowest BCUT2D eigenvalue weighted by Gasteiger charge is -2.03. The topological polar surface area (TPSA) is 93.6 Å². The summed E-state index contributed by atoms with van der Waals surface area (Å²) in [5, 5.41) is 8.65. The third-order valence-electron chi connectivity index (χ3n) is 1.23. The van der Waals surface area contributed by atoms with Gasteiger partial charge in [-0.05, 0) is 12.1 Å². The molecule has 0 radical (unpaired) electrons. The van der Waals surface area contributed by atoms with E-state index in [4.69, 9.17) is 5.11 Å². The molecular formula is C7H7NO5S. The number of rotatable bonds is 3. The molecule has 7 heteroatoms. The van der Waals surface area contributed by atoms with Gasteiger partial charge in [0.05, 0.1) is 6.26 Å².